The summed E-state index contributed by atoms with van der Waals surface area (Å²) in [6, 6.07) is 0. The van der Waals surface area contributed by atoms with Crippen LogP contribution in [0.5, 0.6) is 0 Å². The van der Waals surface area contributed by atoms with E-state index in [0.717, 1.165) is 26.2 Å². The van der Waals surface area contributed by atoms with Crippen LogP contribution in [0.25, 0.3) is 0 Å². The highest BCUT2D eigenvalue weighted by molar-refractivity contribution is 5.75. The van der Waals surface area contributed by atoms with Gasteiger partial charge in [0.05, 0.1) is 6.54 Å². The van der Waals surface area contributed by atoms with E-state index >= 15 is 0 Å². The molecule has 1 rings (SSSR count). The molecule has 0 spiro atoms. The number of hydrogen-bond acceptors (Lipinski definition) is 5. The van der Waals surface area contributed by atoms with Gasteiger partial charge in [0.25, 0.3) is 6.47 Å². The van der Waals surface area contributed by atoms with E-state index in [9.17, 15) is 9.59 Å². The minimum Gasteiger partial charge on any atom is -0.462 e. The van der Waals surface area contributed by atoms with Crippen LogP contribution in [0.1, 0.15) is 20.8 Å². The summed E-state index contributed by atoms with van der Waals surface area (Å²) in [4.78, 5) is 22.1. The molecule has 6 nitrogen and oxygen atoms in total. The summed E-state index contributed by atoms with van der Waals surface area (Å²) in [5.74, 6) is -0.234. The molecule has 0 aromatic carbocycles. The summed E-state index contributed by atoms with van der Waals surface area (Å²) in [6.45, 7) is 10.1. The number of carbonyl (C=O) groups is 2. The minimum atomic E-state index is -0.318. The smallest absolute Gasteiger partial charge is 0.293 e. The largest absolute Gasteiger partial charge is 0.462 e. The first-order valence-corrected chi connectivity index (χ1v) is 5.68. The summed E-state index contributed by atoms with van der Waals surface area (Å²) in [7, 11) is 0. The van der Waals surface area contributed by atoms with Crippen molar-refractivity contribution >= 4 is 12.4 Å². The van der Waals surface area contributed by atoms with Crippen LogP contribution >= 0.6 is 0 Å². The molecule has 1 fully saturated rings. The molecular formula is C11H23N3O3. The van der Waals surface area contributed by atoms with Crippen molar-refractivity contribution in [2.75, 3.05) is 32.7 Å². The van der Waals surface area contributed by atoms with Crippen LogP contribution in [0.15, 0.2) is 0 Å². The summed E-state index contributed by atoms with van der Waals surface area (Å²) in [5, 5.41) is 3.19. The second-order valence-corrected chi connectivity index (χ2v) is 4.82. The second-order valence-electron chi connectivity index (χ2n) is 4.82. The molecule has 0 aliphatic carbocycles. The van der Waals surface area contributed by atoms with Crippen molar-refractivity contribution in [1.82, 2.24) is 10.2 Å². The molecule has 0 bridgehead atoms. The third-order valence-electron chi connectivity index (χ3n) is 1.99. The molecule has 17 heavy (non-hydrogen) atoms. The number of primary amides is 1. The van der Waals surface area contributed by atoms with Crippen molar-refractivity contribution in [2.24, 2.45) is 5.73 Å². The highest BCUT2D eigenvalue weighted by Gasteiger charge is 2.10. The molecule has 1 aliphatic heterocycles. The van der Waals surface area contributed by atoms with Crippen molar-refractivity contribution in [3.8, 4) is 0 Å². The monoisotopic (exact) mass is 245 g/mol. The molecule has 1 saturated heterocycles. The molecule has 0 aromatic heterocycles. The van der Waals surface area contributed by atoms with Gasteiger partial charge in [-0.2, -0.15) is 0 Å². The number of nitrogens with one attached hydrogen (secondary N) is 1. The Hall–Kier alpha value is -1.14. The number of nitrogens with zero attached hydrogens (tertiary/aromatic N) is 1. The Morgan fingerprint density at radius 1 is 1.41 bits per heavy atom. The van der Waals surface area contributed by atoms with Gasteiger partial charge in [0.2, 0.25) is 5.91 Å². The first-order chi connectivity index (χ1) is 7.85. The van der Waals surface area contributed by atoms with Gasteiger partial charge < -0.3 is 15.8 Å². The van der Waals surface area contributed by atoms with E-state index in [1.54, 1.807) is 0 Å². The average molecular weight is 245 g/mol. The third-order valence-corrected chi connectivity index (χ3v) is 1.99. The number of nitrogens with two attached hydrogens (primary N) is 1. The maximum Gasteiger partial charge on any atom is 0.293 e. The summed E-state index contributed by atoms with van der Waals surface area (Å²) in [6.07, 6.45) is 0. The topological polar surface area (TPSA) is 84.7 Å². The number of ether oxygens (including phenoxy) is 1. The Balaban J connectivity index is 0.000000325. The second kappa shape index (κ2) is 8.03. The lowest BCUT2D eigenvalue weighted by atomic mass is 10.2. The maximum atomic E-state index is 10.4. The molecule has 0 radical (unpaired) electrons. The predicted octanol–water partition coefficient (Wildman–Crippen LogP) is -0.665. The number of amides is 1. The van der Waals surface area contributed by atoms with Crippen LogP contribution in [0, 0.1) is 0 Å². The fraction of sp³-hybridized carbons (Fsp3) is 0.818. The van der Waals surface area contributed by atoms with Gasteiger partial charge in [-0.25, -0.2) is 0 Å². The molecule has 1 aliphatic rings. The standard InChI is InChI=1S/C6H13N3O.C5H10O2/c7-6(10)5-9-3-1-8-2-4-9;1-5(2,3)7-4-6/h8H,1-5H2,(H2,7,10);4H,1-3H3. The lowest BCUT2D eigenvalue weighted by Gasteiger charge is -2.25. The Morgan fingerprint density at radius 3 is 2.24 bits per heavy atom. The Morgan fingerprint density at radius 2 is 1.94 bits per heavy atom. The van der Waals surface area contributed by atoms with Gasteiger partial charge in [-0.05, 0) is 20.8 Å². The van der Waals surface area contributed by atoms with E-state index in [4.69, 9.17) is 5.73 Å². The summed E-state index contributed by atoms with van der Waals surface area (Å²) in [5.41, 5.74) is 4.70. The Labute approximate surface area is 102 Å². The molecule has 0 saturated carbocycles. The van der Waals surface area contributed by atoms with Crippen LogP contribution in [-0.4, -0.2) is 55.6 Å². The van der Waals surface area contributed by atoms with Crippen molar-refractivity contribution in [3.63, 3.8) is 0 Å². The van der Waals surface area contributed by atoms with Crippen molar-refractivity contribution in [3.05, 3.63) is 0 Å². The highest BCUT2D eigenvalue weighted by Crippen LogP contribution is 2.02. The third kappa shape index (κ3) is 11.1. The lowest BCUT2D eigenvalue weighted by Crippen LogP contribution is -2.46. The van der Waals surface area contributed by atoms with Crippen LogP contribution in [0.4, 0.5) is 0 Å². The van der Waals surface area contributed by atoms with Crippen molar-refractivity contribution in [1.29, 1.82) is 0 Å². The molecule has 100 valence electrons. The normalized spacial score (nSPS) is 16.6. The molecule has 6 heteroatoms. The quantitative estimate of drug-likeness (QED) is 0.644. The predicted molar refractivity (Wildman–Crippen MR) is 65.4 cm³/mol. The molecule has 1 heterocycles. The van der Waals surface area contributed by atoms with E-state index in [2.05, 4.69) is 15.0 Å². The highest BCUT2D eigenvalue weighted by atomic mass is 16.5. The zero-order valence-corrected chi connectivity index (χ0v) is 10.9. The SMILES string of the molecule is CC(C)(C)OC=O.NC(=O)CN1CCNCC1. The lowest BCUT2D eigenvalue weighted by molar-refractivity contribution is -0.138. The number of carbonyl (C=O) groups excluding carboxylic acids is 2. The zero-order valence-electron chi connectivity index (χ0n) is 10.9. The summed E-state index contributed by atoms with van der Waals surface area (Å²) >= 11 is 0. The van der Waals surface area contributed by atoms with E-state index in [0.29, 0.717) is 13.0 Å². The van der Waals surface area contributed by atoms with Gasteiger partial charge in [0, 0.05) is 26.2 Å². The average Bonchev–Trinajstić information content (AvgIpc) is 2.17. The van der Waals surface area contributed by atoms with E-state index in [1.807, 2.05) is 20.8 Å². The molecule has 0 unspecified atom stereocenters. The van der Waals surface area contributed by atoms with Crippen LogP contribution < -0.4 is 11.1 Å². The first-order valence-electron chi connectivity index (χ1n) is 5.68. The summed E-state index contributed by atoms with van der Waals surface area (Å²) < 4.78 is 4.55. The van der Waals surface area contributed by atoms with Crippen molar-refractivity contribution < 1.29 is 14.3 Å². The fourth-order valence-electron chi connectivity index (χ4n) is 1.23. The first kappa shape index (κ1) is 15.9. The Bertz CT molecular complexity index is 233. The van der Waals surface area contributed by atoms with Gasteiger partial charge in [-0.1, -0.05) is 0 Å². The zero-order chi connectivity index (χ0) is 13.3. The van der Waals surface area contributed by atoms with Crippen LogP contribution in [-0.2, 0) is 14.3 Å². The van der Waals surface area contributed by atoms with E-state index in [1.165, 1.54) is 0 Å². The fourth-order valence-corrected chi connectivity index (χ4v) is 1.23. The van der Waals surface area contributed by atoms with Crippen molar-refractivity contribution in [2.45, 2.75) is 26.4 Å². The van der Waals surface area contributed by atoms with Gasteiger partial charge in [0.1, 0.15) is 5.60 Å². The van der Waals surface area contributed by atoms with Gasteiger partial charge in [-0.3, -0.25) is 14.5 Å². The van der Waals surface area contributed by atoms with E-state index < -0.39 is 0 Å². The molecule has 0 aromatic rings. The van der Waals surface area contributed by atoms with E-state index in [-0.39, 0.29) is 11.5 Å². The maximum absolute atomic E-state index is 10.4. The van der Waals surface area contributed by atoms with Gasteiger partial charge in [0.15, 0.2) is 0 Å². The van der Waals surface area contributed by atoms with Gasteiger partial charge in [-0.15, -0.1) is 0 Å². The van der Waals surface area contributed by atoms with Crippen LogP contribution in [0.3, 0.4) is 0 Å². The minimum absolute atomic E-state index is 0.234. The number of hydrogen-bond donors (Lipinski definition) is 2. The molecule has 0 atom stereocenters. The molecule has 3 N–H and O–H groups in total. The Kier molecular flexibility index (Phi) is 7.49. The molecular weight excluding hydrogens is 222 g/mol. The molecule has 1 amide bonds. The van der Waals surface area contributed by atoms with Crippen LogP contribution in [0.2, 0.25) is 0 Å². The number of piperazine rings is 1. The van der Waals surface area contributed by atoms with Gasteiger partial charge >= 0.3 is 0 Å². The number of rotatable bonds is 3.